The van der Waals surface area contributed by atoms with Crippen LogP contribution in [0.15, 0.2) is 24.3 Å². The Morgan fingerprint density at radius 2 is 1.88 bits per heavy atom. The molecule has 16 heavy (non-hydrogen) atoms. The van der Waals surface area contributed by atoms with E-state index in [0.29, 0.717) is 19.0 Å². The molecule has 0 bridgehead atoms. The van der Waals surface area contributed by atoms with Crippen LogP contribution in [0.5, 0.6) is 0 Å². The van der Waals surface area contributed by atoms with Gasteiger partial charge in [-0.15, -0.1) is 0 Å². The van der Waals surface area contributed by atoms with E-state index >= 15 is 0 Å². The van der Waals surface area contributed by atoms with Crippen LogP contribution >= 0.6 is 0 Å². The molecule has 0 heterocycles. The van der Waals surface area contributed by atoms with Crippen molar-refractivity contribution in [3.8, 4) is 0 Å². The predicted octanol–water partition coefficient (Wildman–Crippen LogP) is 1.22. The van der Waals surface area contributed by atoms with E-state index in [2.05, 4.69) is 43.4 Å². The second-order valence-electron chi connectivity index (χ2n) is 4.42. The van der Waals surface area contributed by atoms with Crippen LogP contribution in [0.25, 0.3) is 0 Å². The highest BCUT2D eigenvalue weighted by Gasteiger charge is 2.01. The van der Waals surface area contributed by atoms with E-state index < -0.39 is 6.10 Å². The summed E-state index contributed by atoms with van der Waals surface area (Å²) in [5.41, 5.74) is 7.90. The van der Waals surface area contributed by atoms with E-state index in [1.165, 1.54) is 11.1 Å². The first kappa shape index (κ1) is 13.2. The van der Waals surface area contributed by atoms with Gasteiger partial charge in [-0.2, -0.15) is 0 Å². The predicted molar refractivity (Wildman–Crippen MR) is 67.3 cm³/mol. The summed E-state index contributed by atoms with van der Waals surface area (Å²) < 4.78 is 0. The highest BCUT2D eigenvalue weighted by atomic mass is 16.3. The molecule has 0 fully saturated rings. The van der Waals surface area contributed by atoms with Gasteiger partial charge in [0.2, 0.25) is 0 Å². The number of hydrogen-bond acceptors (Lipinski definition) is 3. The number of nitrogens with one attached hydrogen (secondary N) is 1. The van der Waals surface area contributed by atoms with Gasteiger partial charge in [0.05, 0.1) is 6.10 Å². The number of aliphatic hydroxyl groups excluding tert-OH is 1. The molecule has 0 aliphatic carbocycles. The van der Waals surface area contributed by atoms with Gasteiger partial charge in [-0.05, 0) is 17.0 Å². The Bertz CT molecular complexity index is 295. The molecule has 0 saturated heterocycles. The van der Waals surface area contributed by atoms with Crippen LogP contribution in [0.3, 0.4) is 0 Å². The van der Waals surface area contributed by atoms with Crippen molar-refractivity contribution < 1.29 is 5.11 Å². The quantitative estimate of drug-likeness (QED) is 0.678. The molecule has 90 valence electrons. The Balaban J connectivity index is 2.38. The minimum atomic E-state index is -0.449. The topological polar surface area (TPSA) is 58.3 Å². The minimum Gasteiger partial charge on any atom is -0.390 e. The van der Waals surface area contributed by atoms with E-state index in [0.717, 1.165) is 6.54 Å². The van der Waals surface area contributed by atoms with Gasteiger partial charge in [0.1, 0.15) is 0 Å². The van der Waals surface area contributed by atoms with Crippen LogP contribution in [0.1, 0.15) is 30.9 Å². The minimum absolute atomic E-state index is 0.305. The van der Waals surface area contributed by atoms with Gasteiger partial charge in [0, 0.05) is 19.6 Å². The fraction of sp³-hybridized carbons (Fsp3) is 0.538. The zero-order chi connectivity index (χ0) is 12.0. The van der Waals surface area contributed by atoms with Gasteiger partial charge in [0.15, 0.2) is 0 Å². The largest absolute Gasteiger partial charge is 0.390 e. The van der Waals surface area contributed by atoms with Crippen molar-refractivity contribution in [2.75, 3.05) is 13.1 Å². The van der Waals surface area contributed by atoms with Crippen molar-refractivity contribution in [3.05, 3.63) is 35.4 Å². The first-order valence-corrected chi connectivity index (χ1v) is 5.81. The van der Waals surface area contributed by atoms with Gasteiger partial charge >= 0.3 is 0 Å². The number of aliphatic hydroxyl groups is 1. The molecular formula is C13H22N2O. The first-order valence-electron chi connectivity index (χ1n) is 5.81. The molecule has 0 aromatic heterocycles. The Morgan fingerprint density at radius 1 is 1.25 bits per heavy atom. The van der Waals surface area contributed by atoms with Crippen molar-refractivity contribution in [3.63, 3.8) is 0 Å². The maximum atomic E-state index is 9.27. The monoisotopic (exact) mass is 222 g/mol. The summed E-state index contributed by atoms with van der Waals surface area (Å²) in [5, 5.41) is 12.4. The van der Waals surface area contributed by atoms with Crippen LogP contribution in [-0.4, -0.2) is 24.3 Å². The molecular weight excluding hydrogens is 200 g/mol. The smallest absolute Gasteiger partial charge is 0.0786 e. The molecule has 1 unspecified atom stereocenters. The third kappa shape index (κ3) is 4.31. The lowest BCUT2D eigenvalue weighted by Crippen LogP contribution is -2.32. The lowest BCUT2D eigenvalue weighted by atomic mass is 10.0. The molecule has 0 amide bonds. The Hall–Kier alpha value is -0.900. The van der Waals surface area contributed by atoms with Crippen LogP contribution in [0, 0.1) is 0 Å². The van der Waals surface area contributed by atoms with Gasteiger partial charge in [0.25, 0.3) is 0 Å². The Kier molecular flexibility index (Phi) is 5.46. The molecule has 0 spiro atoms. The second kappa shape index (κ2) is 6.63. The van der Waals surface area contributed by atoms with Crippen LogP contribution in [0.4, 0.5) is 0 Å². The molecule has 3 heteroatoms. The summed E-state index contributed by atoms with van der Waals surface area (Å²) in [6, 6.07) is 8.55. The third-order valence-electron chi connectivity index (χ3n) is 2.63. The molecule has 0 aliphatic rings. The fourth-order valence-electron chi connectivity index (χ4n) is 1.49. The van der Waals surface area contributed by atoms with E-state index in [9.17, 15) is 5.11 Å². The van der Waals surface area contributed by atoms with Crippen molar-refractivity contribution >= 4 is 0 Å². The fourth-order valence-corrected chi connectivity index (χ4v) is 1.49. The van der Waals surface area contributed by atoms with Crippen LogP contribution in [-0.2, 0) is 6.54 Å². The second-order valence-corrected chi connectivity index (χ2v) is 4.42. The summed E-state index contributed by atoms with van der Waals surface area (Å²) in [5.74, 6) is 0.570. The summed E-state index contributed by atoms with van der Waals surface area (Å²) >= 11 is 0. The van der Waals surface area contributed by atoms with E-state index in [1.54, 1.807) is 0 Å². The van der Waals surface area contributed by atoms with Crippen molar-refractivity contribution in [2.45, 2.75) is 32.4 Å². The molecule has 0 aliphatic heterocycles. The van der Waals surface area contributed by atoms with E-state index in [-0.39, 0.29) is 0 Å². The van der Waals surface area contributed by atoms with Crippen LogP contribution < -0.4 is 11.1 Å². The summed E-state index contributed by atoms with van der Waals surface area (Å²) in [7, 11) is 0. The number of benzene rings is 1. The zero-order valence-corrected chi connectivity index (χ0v) is 10.1. The third-order valence-corrected chi connectivity index (χ3v) is 2.63. The molecule has 1 rings (SSSR count). The average Bonchev–Trinajstić information content (AvgIpc) is 2.29. The number of hydrogen-bond donors (Lipinski definition) is 3. The summed E-state index contributed by atoms with van der Waals surface area (Å²) in [6.45, 7) is 5.99. The van der Waals surface area contributed by atoms with Crippen LogP contribution in [0.2, 0.25) is 0 Å². The lowest BCUT2D eigenvalue weighted by Gasteiger charge is -2.10. The SMILES string of the molecule is CC(C)c1ccc(CNCC(O)CN)cc1. The van der Waals surface area contributed by atoms with E-state index in [1.807, 2.05) is 0 Å². The van der Waals surface area contributed by atoms with E-state index in [4.69, 9.17) is 5.73 Å². The Labute approximate surface area is 97.7 Å². The van der Waals surface area contributed by atoms with Crippen molar-refractivity contribution in [1.29, 1.82) is 0 Å². The maximum Gasteiger partial charge on any atom is 0.0786 e. The summed E-state index contributed by atoms with van der Waals surface area (Å²) in [4.78, 5) is 0. The van der Waals surface area contributed by atoms with Crippen molar-refractivity contribution in [1.82, 2.24) is 5.32 Å². The standard InChI is InChI=1S/C13H22N2O/c1-10(2)12-5-3-11(4-6-12)8-15-9-13(16)7-14/h3-6,10,13,15-16H,7-9,14H2,1-2H3. The molecule has 1 aromatic rings. The van der Waals surface area contributed by atoms with Gasteiger partial charge in [-0.3, -0.25) is 0 Å². The van der Waals surface area contributed by atoms with Crippen molar-refractivity contribution in [2.24, 2.45) is 5.73 Å². The number of rotatable bonds is 6. The molecule has 0 saturated carbocycles. The zero-order valence-electron chi connectivity index (χ0n) is 10.1. The number of nitrogens with two attached hydrogens (primary N) is 1. The Morgan fingerprint density at radius 3 is 2.38 bits per heavy atom. The maximum absolute atomic E-state index is 9.27. The normalized spacial score (nSPS) is 13.1. The van der Waals surface area contributed by atoms with Gasteiger partial charge < -0.3 is 16.2 Å². The highest BCUT2D eigenvalue weighted by Crippen LogP contribution is 2.14. The molecule has 1 atom stereocenters. The molecule has 3 nitrogen and oxygen atoms in total. The van der Waals surface area contributed by atoms with Gasteiger partial charge in [-0.1, -0.05) is 38.1 Å². The average molecular weight is 222 g/mol. The molecule has 1 aromatic carbocycles. The first-order chi connectivity index (χ1) is 7.63. The van der Waals surface area contributed by atoms with Gasteiger partial charge in [-0.25, -0.2) is 0 Å². The summed E-state index contributed by atoms with van der Waals surface area (Å²) in [6.07, 6.45) is -0.449. The highest BCUT2D eigenvalue weighted by molar-refractivity contribution is 5.24. The molecule has 4 N–H and O–H groups in total. The molecule has 0 radical (unpaired) electrons. The lowest BCUT2D eigenvalue weighted by molar-refractivity contribution is 0.179.